The second kappa shape index (κ2) is 3.57. The molecule has 0 aromatic carbocycles. The van der Waals surface area contributed by atoms with Crippen molar-refractivity contribution >= 4 is 17.8 Å². The molecule has 0 bridgehead atoms. The first kappa shape index (κ1) is 9.04. The van der Waals surface area contributed by atoms with E-state index in [2.05, 4.69) is 20.8 Å². The second-order valence-corrected chi connectivity index (χ2v) is 2.37. The monoisotopic (exact) mass is 182 g/mol. The van der Waals surface area contributed by atoms with Crippen LogP contribution >= 0.6 is 0 Å². The third-order valence-electron chi connectivity index (χ3n) is 1.19. The summed E-state index contributed by atoms with van der Waals surface area (Å²) in [5.74, 6) is 0.526. The van der Waals surface area contributed by atoms with Crippen LogP contribution in [-0.4, -0.2) is 16.0 Å². The van der Waals surface area contributed by atoms with Gasteiger partial charge in [0, 0.05) is 11.8 Å². The molecule has 1 aromatic heterocycles. The summed E-state index contributed by atoms with van der Waals surface area (Å²) in [5, 5.41) is 0. The zero-order valence-electron chi connectivity index (χ0n) is 7.03. The van der Waals surface area contributed by atoms with Crippen LogP contribution in [0.5, 0.6) is 0 Å². The molecule has 70 valence electrons. The molecule has 1 rings (SSSR count). The van der Waals surface area contributed by atoms with E-state index in [0.29, 0.717) is 11.5 Å². The Kier molecular flexibility index (Phi) is 2.48. The molecule has 6 N–H and O–H groups in total. The van der Waals surface area contributed by atoms with Gasteiger partial charge in [0.2, 0.25) is 5.95 Å². The lowest BCUT2D eigenvalue weighted by Gasteiger charge is -2.05. The lowest BCUT2D eigenvalue weighted by molar-refractivity contribution is 0.250. The summed E-state index contributed by atoms with van der Waals surface area (Å²) < 4.78 is 0. The van der Waals surface area contributed by atoms with E-state index in [9.17, 15) is 4.79 Å². The van der Waals surface area contributed by atoms with Crippen LogP contribution in [0.2, 0.25) is 0 Å². The Morgan fingerprint density at radius 2 is 2.23 bits per heavy atom. The number of hydrogen-bond donors (Lipinski definition) is 4. The molecule has 0 aliphatic rings. The number of urea groups is 1. The van der Waals surface area contributed by atoms with E-state index in [-0.39, 0.29) is 5.95 Å². The third-order valence-corrected chi connectivity index (χ3v) is 1.19. The molecule has 0 atom stereocenters. The van der Waals surface area contributed by atoms with Gasteiger partial charge < -0.3 is 11.5 Å². The Labute approximate surface area is 74.5 Å². The lowest BCUT2D eigenvalue weighted by atomic mass is 10.4. The number of nitrogens with zero attached hydrogens (tertiary/aromatic N) is 2. The first-order valence-corrected chi connectivity index (χ1v) is 3.50. The Hall–Kier alpha value is -2.05. The van der Waals surface area contributed by atoms with Crippen molar-refractivity contribution in [3.63, 3.8) is 0 Å². The summed E-state index contributed by atoms with van der Waals surface area (Å²) in [7, 11) is 0. The van der Waals surface area contributed by atoms with Gasteiger partial charge in [-0.3, -0.25) is 10.9 Å². The number of anilines is 2. The number of nitrogens with two attached hydrogens (primary N) is 2. The van der Waals surface area contributed by atoms with Crippen LogP contribution in [0.1, 0.15) is 5.69 Å². The molecule has 13 heavy (non-hydrogen) atoms. The molecule has 1 aromatic rings. The van der Waals surface area contributed by atoms with Crippen LogP contribution in [-0.2, 0) is 0 Å². The Balaban J connectivity index is 2.71. The van der Waals surface area contributed by atoms with Gasteiger partial charge in [0.15, 0.2) is 0 Å². The summed E-state index contributed by atoms with van der Waals surface area (Å²) in [4.78, 5) is 18.0. The fraction of sp³-hybridized carbons (Fsp3) is 0.167. The van der Waals surface area contributed by atoms with E-state index < -0.39 is 6.03 Å². The largest absolute Gasteiger partial charge is 0.368 e. The Morgan fingerprint density at radius 3 is 2.77 bits per heavy atom. The van der Waals surface area contributed by atoms with Crippen molar-refractivity contribution in [1.29, 1.82) is 0 Å². The molecule has 2 amide bonds. The molecule has 0 aliphatic carbocycles. The van der Waals surface area contributed by atoms with Gasteiger partial charge in [-0.25, -0.2) is 9.78 Å². The number of aromatic nitrogens is 2. The van der Waals surface area contributed by atoms with E-state index in [4.69, 9.17) is 11.5 Å². The van der Waals surface area contributed by atoms with E-state index in [1.54, 1.807) is 13.0 Å². The predicted molar refractivity (Wildman–Crippen MR) is 47.5 cm³/mol. The molecule has 0 aliphatic heterocycles. The maximum Gasteiger partial charge on any atom is 0.330 e. The van der Waals surface area contributed by atoms with Gasteiger partial charge in [-0.1, -0.05) is 0 Å². The van der Waals surface area contributed by atoms with Crippen molar-refractivity contribution in [1.82, 2.24) is 15.4 Å². The van der Waals surface area contributed by atoms with Crippen molar-refractivity contribution in [3.8, 4) is 0 Å². The highest BCUT2D eigenvalue weighted by Gasteiger charge is 1.98. The van der Waals surface area contributed by atoms with Crippen molar-refractivity contribution in [3.05, 3.63) is 11.8 Å². The summed E-state index contributed by atoms with van der Waals surface area (Å²) >= 11 is 0. The van der Waals surface area contributed by atoms with Crippen LogP contribution in [0, 0.1) is 6.92 Å². The standard InChI is InChI=1S/C6H10N6O/c1-3-2-4(10-5(7)9-3)11-12-6(8)13/h2H,1H3,(H3,8,12,13)(H3,7,9,10,11). The zero-order chi connectivity index (χ0) is 9.84. The quantitative estimate of drug-likeness (QED) is 0.454. The minimum absolute atomic E-state index is 0.133. The summed E-state index contributed by atoms with van der Waals surface area (Å²) in [6, 6.07) is 0.918. The van der Waals surface area contributed by atoms with Crippen LogP contribution in [0.4, 0.5) is 16.6 Å². The summed E-state index contributed by atoms with van der Waals surface area (Å²) in [6.45, 7) is 1.76. The number of primary amides is 1. The number of aryl methyl sites for hydroxylation is 1. The van der Waals surface area contributed by atoms with Crippen LogP contribution < -0.4 is 22.3 Å². The SMILES string of the molecule is Cc1cc(NNC(N)=O)nc(N)n1. The highest BCUT2D eigenvalue weighted by Crippen LogP contribution is 2.04. The van der Waals surface area contributed by atoms with E-state index in [0.717, 1.165) is 0 Å². The number of carbonyl (C=O) groups excluding carboxylic acids is 1. The number of hydrazine groups is 1. The normalized spacial score (nSPS) is 9.31. The minimum Gasteiger partial charge on any atom is -0.368 e. The van der Waals surface area contributed by atoms with E-state index >= 15 is 0 Å². The van der Waals surface area contributed by atoms with E-state index in [1.807, 2.05) is 0 Å². The molecule has 1 heterocycles. The van der Waals surface area contributed by atoms with Gasteiger partial charge >= 0.3 is 6.03 Å². The topological polar surface area (TPSA) is 119 Å². The van der Waals surface area contributed by atoms with Crippen molar-refractivity contribution in [2.24, 2.45) is 5.73 Å². The van der Waals surface area contributed by atoms with Gasteiger partial charge in [0.1, 0.15) is 5.82 Å². The number of amides is 2. The smallest absolute Gasteiger partial charge is 0.330 e. The number of hydrogen-bond acceptors (Lipinski definition) is 5. The van der Waals surface area contributed by atoms with Gasteiger partial charge in [-0.15, -0.1) is 0 Å². The fourth-order valence-corrected chi connectivity index (χ4v) is 0.781. The van der Waals surface area contributed by atoms with Gasteiger partial charge in [-0.2, -0.15) is 4.98 Å². The van der Waals surface area contributed by atoms with Crippen molar-refractivity contribution < 1.29 is 4.79 Å². The van der Waals surface area contributed by atoms with Crippen LogP contribution in [0.3, 0.4) is 0 Å². The molecule has 7 heteroatoms. The molecule has 0 radical (unpaired) electrons. The predicted octanol–water partition coefficient (Wildman–Crippen LogP) is -0.638. The number of rotatable bonds is 2. The van der Waals surface area contributed by atoms with Gasteiger partial charge in [0.05, 0.1) is 0 Å². The average Bonchev–Trinajstić information content (AvgIpc) is 1.99. The molecule has 0 saturated heterocycles. The summed E-state index contributed by atoms with van der Waals surface area (Å²) in [5.41, 5.74) is 15.5. The molecule has 0 spiro atoms. The van der Waals surface area contributed by atoms with Gasteiger partial charge in [-0.05, 0) is 6.92 Å². The second-order valence-electron chi connectivity index (χ2n) is 2.37. The van der Waals surface area contributed by atoms with Crippen molar-refractivity contribution in [2.75, 3.05) is 11.2 Å². The first-order valence-electron chi connectivity index (χ1n) is 3.50. The summed E-state index contributed by atoms with van der Waals surface area (Å²) in [6.07, 6.45) is 0. The maximum atomic E-state index is 10.3. The molecule has 0 unspecified atom stereocenters. The zero-order valence-corrected chi connectivity index (χ0v) is 7.03. The molecular weight excluding hydrogens is 172 g/mol. The molecule has 0 fully saturated rings. The van der Waals surface area contributed by atoms with Gasteiger partial charge in [0.25, 0.3) is 0 Å². The lowest BCUT2D eigenvalue weighted by Crippen LogP contribution is -2.34. The Morgan fingerprint density at radius 1 is 1.54 bits per heavy atom. The average molecular weight is 182 g/mol. The Bertz CT molecular complexity index is 305. The number of nitrogens with one attached hydrogen (secondary N) is 2. The van der Waals surface area contributed by atoms with Crippen LogP contribution in [0.15, 0.2) is 6.07 Å². The fourth-order valence-electron chi connectivity index (χ4n) is 0.781. The number of carbonyl (C=O) groups is 1. The number of nitrogen functional groups attached to an aromatic ring is 1. The first-order chi connectivity index (χ1) is 6.08. The third kappa shape index (κ3) is 2.81. The molecule has 7 nitrogen and oxygen atoms in total. The molecule has 0 saturated carbocycles. The van der Waals surface area contributed by atoms with Crippen molar-refractivity contribution in [2.45, 2.75) is 6.92 Å². The van der Waals surface area contributed by atoms with Crippen LogP contribution in [0.25, 0.3) is 0 Å². The van der Waals surface area contributed by atoms with E-state index in [1.165, 1.54) is 0 Å². The minimum atomic E-state index is -0.699. The highest BCUT2D eigenvalue weighted by atomic mass is 16.2. The maximum absolute atomic E-state index is 10.3. The highest BCUT2D eigenvalue weighted by molar-refractivity contribution is 5.73. The molecular formula is C6H10N6O.